The zero-order chi connectivity index (χ0) is 103. The quantitative estimate of drug-likeness (QED) is 0.0192. The molecule has 7 aromatic heterocycles. The van der Waals surface area contributed by atoms with Crippen LogP contribution in [0, 0.1) is 109 Å². The number of nitrogen functional groups attached to an aromatic ring is 1. The molecule has 11 N–H and O–H groups in total. The lowest BCUT2D eigenvalue weighted by molar-refractivity contribution is 0.0177. The molecule has 0 bridgehead atoms. The van der Waals surface area contributed by atoms with E-state index >= 15 is 0 Å². The van der Waals surface area contributed by atoms with Crippen LogP contribution in [0.2, 0.25) is 15.5 Å². The van der Waals surface area contributed by atoms with E-state index in [9.17, 15) is 31.9 Å². The Labute approximate surface area is 837 Å². The fourth-order valence-electron chi connectivity index (χ4n) is 14.6. The summed E-state index contributed by atoms with van der Waals surface area (Å²) in [6.45, 7) is 32.5. The van der Waals surface area contributed by atoms with Gasteiger partial charge in [0.15, 0.2) is 44.2 Å². The van der Waals surface area contributed by atoms with Crippen molar-refractivity contribution in [1.82, 2.24) is 90.7 Å². The molecule has 0 aliphatic carbocycles. The van der Waals surface area contributed by atoms with Crippen LogP contribution in [0.3, 0.4) is 0 Å². The number of likely N-dealkylation sites (tertiary alicyclic amines) is 3. The monoisotopic (exact) mass is 2000 g/mol. The highest BCUT2D eigenvalue weighted by Gasteiger charge is 2.32. The topological polar surface area (TPSA) is 491 Å². The van der Waals surface area contributed by atoms with Gasteiger partial charge in [0.05, 0.1) is 59.9 Å². The van der Waals surface area contributed by atoms with Crippen LogP contribution in [-0.2, 0) is 14.2 Å². The van der Waals surface area contributed by atoms with Gasteiger partial charge in [-0.05, 0) is 267 Å². The molecule has 0 radical (unpaired) electrons. The van der Waals surface area contributed by atoms with Crippen LogP contribution in [0.25, 0.3) is 33.8 Å². The number of hydrogen-bond donors (Lipinski definition) is 10. The van der Waals surface area contributed by atoms with E-state index in [1.807, 2.05) is 92.7 Å². The fourth-order valence-corrected chi connectivity index (χ4v) is 15.1. The Morgan fingerprint density at radius 2 is 0.732 bits per heavy atom. The molecule has 0 saturated carbocycles. The molecule has 15 rings (SSSR count). The van der Waals surface area contributed by atoms with Gasteiger partial charge in [0.2, 0.25) is 0 Å². The Hall–Kier alpha value is -14.1. The number of nitriles is 3. The first-order valence-corrected chi connectivity index (χ1v) is 47.1. The van der Waals surface area contributed by atoms with Gasteiger partial charge < -0.3 is 81.9 Å². The van der Waals surface area contributed by atoms with Crippen molar-refractivity contribution < 1.29 is 56.2 Å². The summed E-state index contributed by atoms with van der Waals surface area (Å²) in [5, 5.41) is 100. The van der Waals surface area contributed by atoms with Gasteiger partial charge in [-0.15, -0.1) is 40.8 Å². The van der Waals surface area contributed by atoms with E-state index in [1.165, 1.54) is 73.6 Å². The van der Waals surface area contributed by atoms with Crippen LogP contribution in [0.15, 0.2) is 134 Å². The SMILES string of the molecule is CC(C)(C)OC(=O)N1CCC(CNc2cc(Cl)nnc2Cl)CC1.Cc1cc(-c2nnc(Cl)cc2NCC2CCN(C(=O)OC(C)(C)C)CC2)ccc1F.Cc1cc(-c2nnc(Nc3cnc(C#N)cn3)cc2NCC2CCN(C(=O)OC(C)(C)C)CC2)ccc1F.Cc1cc(-c2nnc(Nc3cnc(C#N)cn3)cc2NCC2CCNCC2)ccc1F.Cc1cc(B(O)O)ccc1F.N#Cc1cnc(N)cn1. The number of aryl methyl sites for hydroxylation is 4. The van der Waals surface area contributed by atoms with Crippen LogP contribution in [-0.4, -0.2) is 216 Å². The van der Waals surface area contributed by atoms with Gasteiger partial charge in [-0.3, -0.25) is 0 Å². The first-order chi connectivity index (χ1) is 67.5. The van der Waals surface area contributed by atoms with Crippen molar-refractivity contribution in [1.29, 1.82) is 15.8 Å². The third-order valence-corrected chi connectivity index (χ3v) is 22.9. The Bertz CT molecular complexity index is 6190. The van der Waals surface area contributed by atoms with Crippen LogP contribution in [0.4, 0.5) is 83.8 Å². The minimum atomic E-state index is -1.52. The summed E-state index contributed by atoms with van der Waals surface area (Å²) in [7, 11) is -1.52. The maximum Gasteiger partial charge on any atom is 0.488 e. The van der Waals surface area contributed by atoms with E-state index in [-0.39, 0.29) is 58.6 Å². The molecule has 4 aliphatic rings. The van der Waals surface area contributed by atoms with E-state index in [1.54, 1.807) is 90.9 Å². The summed E-state index contributed by atoms with van der Waals surface area (Å²) < 4.78 is 70.3. The smallest absolute Gasteiger partial charge is 0.444 e. The predicted octanol–water partition coefficient (Wildman–Crippen LogP) is 17.4. The molecule has 4 saturated heterocycles. The molecule has 36 nitrogen and oxygen atoms in total. The van der Waals surface area contributed by atoms with Crippen molar-refractivity contribution in [3.8, 4) is 52.0 Å². The lowest BCUT2D eigenvalue weighted by Crippen LogP contribution is -2.42. The number of carbonyl (C=O) groups excluding carboxylic acids is 3. The van der Waals surface area contributed by atoms with Gasteiger partial charge in [-0.25, -0.2) is 61.8 Å². The molecule has 4 aliphatic heterocycles. The zero-order valence-electron chi connectivity index (χ0n) is 81.2. The van der Waals surface area contributed by atoms with Gasteiger partial charge >= 0.3 is 25.4 Å². The highest BCUT2D eigenvalue weighted by molar-refractivity contribution is 6.58. The number of nitrogens with one attached hydrogen (secondary N) is 7. The number of rotatable bonds is 20. The first kappa shape index (κ1) is 110. The average molecular weight is 2010 g/mol. The molecule has 0 atom stereocenters. The summed E-state index contributed by atoms with van der Waals surface area (Å²) in [5.41, 5.74) is 14.0. The lowest BCUT2D eigenvalue weighted by Gasteiger charge is -2.33. The van der Waals surface area contributed by atoms with Gasteiger partial charge in [0, 0.05) is 106 Å². The number of aromatic nitrogens is 14. The molecule has 11 heterocycles. The maximum absolute atomic E-state index is 13.9. The maximum atomic E-state index is 13.9. The summed E-state index contributed by atoms with van der Waals surface area (Å²) in [5.74, 6) is 2.77. The molecule has 3 amide bonds. The summed E-state index contributed by atoms with van der Waals surface area (Å²) in [6.07, 6.45) is 15.1. The Morgan fingerprint density at radius 1 is 0.415 bits per heavy atom. The third-order valence-electron chi connectivity index (χ3n) is 22.3. The lowest BCUT2D eigenvalue weighted by atomic mass is 9.80. The molecule has 748 valence electrons. The average Bonchev–Trinajstić information content (AvgIpc) is 0.812. The minimum absolute atomic E-state index is 0.212. The van der Waals surface area contributed by atoms with E-state index in [4.69, 9.17) is 80.6 Å². The molecule has 44 heteroatoms. The second-order valence-electron chi connectivity index (χ2n) is 37.0. The van der Waals surface area contributed by atoms with E-state index in [2.05, 4.69) is 108 Å². The normalized spacial score (nSPS) is 14.0. The largest absolute Gasteiger partial charge is 0.488 e. The summed E-state index contributed by atoms with van der Waals surface area (Å²) >= 11 is 17.8. The molecule has 4 fully saturated rings. The van der Waals surface area contributed by atoms with Crippen molar-refractivity contribution in [2.24, 2.45) is 23.7 Å². The number of amides is 3. The Balaban J connectivity index is 0.000000184. The molecule has 0 unspecified atom stereocenters. The van der Waals surface area contributed by atoms with E-state index in [0.29, 0.717) is 165 Å². The van der Waals surface area contributed by atoms with E-state index in [0.717, 1.165) is 118 Å². The molecule has 0 spiro atoms. The fraction of sp³-hybridized carbons (Fsp3) is 0.408. The zero-order valence-corrected chi connectivity index (χ0v) is 83.5. The number of piperidine rings is 4. The summed E-state index contributed by atoms with van der Waals surface area (Å²) in [6, 6.07) is 31.3. The van der Waals surface area contributed by atoms with Crippen LogP contribution >= 0.6 is 34.8 Å². The number of benzene rings is 4. The molecular formula is C98H116BCl3F4N28O8. The van der Waals surface area contributed by atoms with Crippen molar-refractivity contribution in [3.63, 3.8) is 0 Å². The number of ether oxygens (including phenoxy) is 3. The summed E-state index contributed by atoms with van der Waals surface area (Å²) in [4.78, 5) is 65.6. The first-order valence-electron chi connectivity index (χ1n) is 46.0. The van der Waals surface area contributed by atoms with Crippen molar-refractivity contribution in [2.75, 3.05) is 116 Å². The van der Waals surface area contributed by atoms with Gasteiger partial charge in [-0.1, -0.05) is 46.9 Å². The van der Waals surface area contributed by atoms with Crippen molar-refractivity contribution >= 4 is 118 Å². The van der Waals surface area contributed by atoms with Crippen LogP contribution < -0.4 is 48.4 Å². The number of hydrogen-bond acceptors (Lipinski definition) is 33. The number of nitrogens with two attached hydrogens (primary N) is 1. The van der Waals surface area contributed by atoms with Gasteiger partial charge in [0.25, 0.3) is 0 Å². The number of halogens is 7. The van der Waals surface area contributed by atoms with Crippen LogP contribution in [0.1, 0.15) is 153 Å². The van der Waals surface area contributed by atoms with Crippen LogP contribution in [0.5, 0.6) is 0 Å². The molecule has 11 aromatic rings. The number of carbonyl (C=O) groups is 3. The van der Waals surface area contributed by atoms with Gasteiger partial charge in [0.1, 0.15) is 92.8 Å². The number of anilines is 9. The van der Waals surface area contributed by atoms with Gasteiger partial charge in [-0.2, -0.15) is 15.8 Å². The Morgan fingerprint density at radius 3 is 1.06 bits per heavy atom. The van der Waals surface area contributed by atoms with Crippen molar-refractivity contribution in [2.45, 2.75) is 158 Å². The predicted molar refractivity (Wildman–Crippen MR) is 537 cm³/mol. The molecular weight excluding hydrogens is 1890 g/mol. The number of nitrogens with zero attached hydrogens (tertiary/aromatic N) is 20. The highest BCUT2D eigenvalue weighted by Crippen LogP contribution is 2.36. The second kappa shape index (κ2) is 52.4. The highest BCUT2D eigenvalue weighted by atomic mass is 35.5. The van der Waals surface area contributed by atoms with E-state index < -0.39 is 23.9 Å². The minimum Gasteiger partial charge on any atom is -0.444 e. The third kappa shape index (κ3) is 35.6. The molecule has 142 heavy (non-hydrogen) atoms. The Kier molecular flexibility index (Phi) is 40.5. The standard InChI is InChI=1S/C27H31FN8O2.C22H28ClFN4O2.C22H23FN8.C15H22Cl2N4O2.C7H8BFO2.C5H4N4/c1-17-11-19(5-6-21(17)28)25-22(12-23(34-35-25)33-24-16-30-20(13-29)15-32-24)31-14-18-7-9-36(10-8-18)26(37)38-27(2,3)4;1-14-11-16(5-6-17(14)24)20-18(12-19(23)26-27-20)25-13-15-7-9-28(10-8-15)21(29)30-22(2,3)4;1-14-8-16(2-3-18(14)23)22-19(27-11-15-4-6-25-7-5-15)9-20(30-31-22)29-21-13-26-17(10-24)12-28-21;1-15(2,3)23-14(22)21-6-4-10(5-7-21)9-18-11-8-12(16)19-20-13(11)17;1-5-4-6(8(10)11)2-3-7(5)9;6-1-4-2-9-5(7)3-8-4/h5-6,11-12,15-16,18H,7-10,14H2,1-4H3,(H2,31,32,33,34);5-6,11-12,15H,7-10,13H2,1-4H3,(H,25,26);2-3,8-9,12-13,15,25H,4-7,11H2,1H3,(H2,27,28,29,30);8,10H,4-7,9H2,1-3H3,(H,18,19);2-4,10-11H,1H3;2-3H,(H2,7,9). The van der Waals surface area contributed by atoms with Crippen molar-refractivity contribution in [3.05, 3.63) is 212 Å². The molecule has 4 aromatic carbocycles. The second-order valence-corrected chi connectivity index (χ2v) is 38.1.